The van der Waals surface area contributed by atoms with Crippen molar-refractivity contribution in [1.82, 2.24) is 0 Å². The van der Waals surface area contributed by atoms with E-state index in [9.17, 15) is 9.00 Å². The molecular weight excluding hydrogens is 272 g/mol. The third-order valence-electron chi connectivity index (χ3n) is 3.59. The average molecular weight is 294 g/mol. The molecule has 0 radical (unpaired) electrons. The maximum absolute atomic E-state index is 12.1. The fourth-order valence-electron chi connectivity index (χ4n) is 2.33. The van der Waals surface area contributed by atoms with Gasteiger partial charge in [0.15, 0.2) is 5.78 Å². The van der Waals surface area contributed by atoms with Crippen molar-refractivity contribution < 1.29 is 13.7 Å². The van der Waals surface area contributed by atoms with Crippen LogP contribution in [0.5, 0.6) is 0 Å². The molecule has 0 spiro atoms. The second-order valence-electron chi connectivity index (χ2n) is 5.59. The zero-order valence-electron chi connectivity index (χ0n) is 12.1. The van der Waals surface area contributed by atoms with Gasteiger partial charge in [0.2, 0.25) is 0 Å². The van der Waals surface area contributed by atoms with Crippen molar-refractivity contribution in [2.45, 2.75) is 38.7 Å². The summed E-state index contributed by atoms with van der Waals surface area (Å²) in [4.78, 5) is 12.1. The molecule has 0 aromatic heterocycles. The van der Waals surface area contributed by atoms with Crippen molar-refractivity contribution in [2.24, 2.45) is 0 Å². The van der Waals surface area contributed by atoms with Crippen molar-refractivity contribution in [2.75, 3.05) is 18.1 Å². The van der Waals surface area contributed by atoms with Gasteiger partial charge in [-0.3, -0.25) is 9.00 Å². The molecule has 2 unspecified atom stereocenters. The van der Waals surface area contributed by atoms with E-state index in [0.717, 1.165) is 19.4 Å². The Morgan fingerprint density at radius 2 is 2.05 bits per heavy atom. The van der Waals surface area contributed by atoms with Crippen molar-refractivity contribution in [3.05, 3.63) is 35.4 Å². The molecule has 1 fully saturated rings. The van der Waals surface area contributed by atoms with E-state index in [1.807, 2.05) is 24.3 Å². The number of ether oxygens (including phenoxy) is 1. The molecule has 2 rings (SSSR count). The van der Waals surface area contributed by atoms with E-state index in [2.05, 4.69) is 13.8 Å². The molecule has 4 heteroatoms. The van der Waals surface area contributed by atoms with Crippen LogP contribution in [-0.2, 0) is 15.5 Å². The van der Waals surface area contributed by atoms with Crippen LogP contribution in [0.2, 0.25) is 0 Å². The van der Waals surface area contributed by atoms with Crippen LogP contribution in [0.25, 0.3) is 0 Å². The Morgan fingerprint density at radius 1 is 1.35 bits per heavy atom. The third kappa shape index (κ3) is 4.25. The number of hydrogen-bond acceptors (Lipinski definition) is 3. The van der Waals surface area contributed by atoms with Gasteiger partial charge >= 0.3 is 0 Å². The molecule has 1 aromatic rings. The fraction of sp³-hybridized carbons (Fsp3) is 0.562. The van der Waals surface area contributed by atoms with Crippen LogP contribution in [0.1, 0.15) is 48.5 Å². The van der Waals surface area contributed by atoms with Crippen LogP contribution in [0.15, 0.2) is 24.3 Å². The topological polar surface area (TPSA) is 43.4 Å². The van der Waals surface area contributed by atoms with E-state index in [0.29, 0.717) is 17.2 Å². The fourth-order valence-corrected chi connectivity index (χ4v) is 3.58. The molecule has 0 amide bonds. The molecule has 0 bridgehead atoms. The molecule has 3 nitrogen and oxygen atoms in total. The van der Waals surface area contributed by atoms with Gasteiger partial charge in [0.1, 0.15) is 0 Å². The predicted octanol–water partition coefficient (Wildman–Crippen LogP) is 2.92. The average Bonchev–Trinajstić information content (AvgIpc) is 2.91. The maximum Gasteiger partial charge on any atom is 0.175 e. The van der Waals surface area contributed by atoms with E-state index in [4.69, 9.17) is 4.74 Å². The van der Waals surface area contributed by atoms with Crippen LogP contribution >= 0.6 is 0 Å². The molecule has 1 aliphatic rings. The number of carbonyl (C=O) groups is 1. The highest BCUT2D eigenvalue weighted by Crippen LogP contribution is 2.16. The molecule has 0 saturated carbocycles. The van der Waals surface area contributed by atoms with Gasteiger partial charge in [0.25, 0.3) is 0 Å². The van der Waals surface area contributed by atoms with Gasteiger partial charge < -0.3 is 4.74 Å². The third-order valence-corrected chi connectivity index (χ3v) is 4.91. The monoisotopic (exact) mass is 294 g/mol. The molecule has 20 heavy (non-hydrogen) atoms. The smallest absolute Gasteiger partial charge is 0.175 e. The first kappa shape index (κ1) is 15.4. The van der Waals surface area contributed by atoms with Gasteiger partial charge in [-0.15, -0.1) is 0 Å². The Kier molecular flexibility index (Phi) is 5.49. The Morgan fingerprint density at radius 3 is 2.60 bits per heavy atom. The second kappa shape index (κ2) is 7.14. The zero-order chi connectivity index (χ0) is 14.5. The maximum atomic E-state index is 12.1. The predicted molar refractivity (Wildman–Crippen MR) is 81.7 cm³/mol. The summed E-state index contributed by atoms with van der Waals surface area (Å²) in [5, 5.41) is 0. The Labute approximate surface area is 123 Å². The molecule has 0 aliphatic carbocycles. The molecule has 2 atom stereocenters. The van der Waals surface area contributed by atoms with Crippen LogP contribution < -0.4 is 0 Å². The summed E-state index contributed by atoms with van der Waals surface area (Å²) < 4.78 is 17.4. The van der Waals surface area contributed by atoms with E-state index >= 15 is 0 Å². The Balaban J connectivity index is 1.88. The quantitative estimate of drug-likeness (QED) is 0.758. The first-order valence-electron chi connectivity index (χ1n) is 7.16. The van der Waals surface area contributed by atoms with Crippen LogP contribution in [0.4, 0.5) is 0 Å². The number of Topliss-reactive ketones (excluding diaryl/α,β-unsaturated/α-hetero) is 1. The number of hydrogen-bond donors (Lipinski definition) is 0. The largest absolute Gasteiger partial charge is 0.377 e. The van der Waals surface area contributed by atoms with E-state index in [1.54, 1.807) is 0 Å². The highest BCUT2D eigenvalue weighted by Gasteiger charge is 2.20. The van der Waals surface area contributed by atoms with Crippen LogP contribution in [0, 0.1) is 0 Å². The van der Waals surface area contributed by atoms with Crippen molar-refractivity contribution >= 4 is 16.6 Å². The van der Waals surface area contributed by atoms with Gasteiger partial charge in [-0.05, 0) is 24.3 Å². The molecular formula is C16H22O3S. The second-order valence-corrected chi connectivity index (χ2v) is 7.09. The number of ketones is 1. The summed E-state index contributed by atoms with van der Waals surface area (Å²) in [5.74, 6) is 0.987. The minimum Gasteiger partial charge on any atom is -0.377 e. The summed E-state index contributed by atoms with van der Waals surface area (Å²) in [5.41, 5.74) is 1.86. The summed E-state index contributed by atoms with van der Waals surface area (Å²) >= 11 is 0. The van der Waals surface area contributed by atoms with Crippen LogP contribution in [-0.4, -0.2) is 34.2 Å². The van der Waals surface area contributed by atoms with Gasteiger partial charge in [0.05, 0.1) is 17.6 Å². The van der Waals surface area contributed by atoms with Crippen molar-refractivity contribution in [1.29, 1.82) is 0 Å². The van der Waals surface area contributed by atoms with E-state index in [-0.39, 0.29) is 17.6 Å². The summed E-state index contributed by atoms with van der Waals surface area (Å²) in [6.45, 7) is 4.99. The highest BCUT2D eigenvalue weighted by molar-refractivity contribution is 7.85. The van der Waals surface area contributed by atoms with E-state index < -0.39 is 10.8 Å². The van der Waals surface area contributed by atoms with Gasteiger partial charge in [-0.1, -0.05) is 38.1 Å². The normalized spacial score (nSPS) is 20.2. The number of rotatable bonds is 6. The summed E-state index contributed by atoms with van der Waals surface area (Å²) in [6, 6.07) is 7.61. The molecule has 1 heterocycles. The van der Waals surface area contributed by atoms with Gasteiger partial charge in [-0.25, -0.2) is 0 Å². The SMILES string of the molecule is CC(C)c1ccc(C(=O)CS(=O)CC2CCCO2)cc1. The van der Waals surface area contributed by atoms with E-state index in [1.165, 1.54) is 5.56 Å². The molecule has 1 aliphatic heterocycles. The summed E-state index contributed by atoms with van der Waals surface area (Å²) in [7, 11) is -1.13. The van der Waals surface area contributed by atoms with Crippen molar-refractivity contribution in [3.63, 3.8) is 0 Å². The lowest BCUT2D eigenvalue weighted by atomic mass is 10.0. The lowest BCUT2D eigenvalue weighted by Gasteiger charge is -2.09. The molecule has 1 aromatic carbocycles. The number of benzene rings is 1. The standard InChI is InChI=1S/C16H22O3S/c1-12(2)13-5-7-14(8-6-13)16(17)11-20(18)10-15-4-3-9-19-15/h5-8,12,15H,3-4,9-11H2,1-2H3. The lowest BCUT2D eigenvalue weighted by Crippen LogP contribution is -2.21. The van der Waals surface area contributed by atoms with Gasteiger partial charge in [0, 0.05) is 23.0 Å². The van der Waals surface area contributed by atoms with Crippen molar-refractivity contribution in [3.8, 4) is 0 Å². The molecule has 0 N–H and O–H groups in total. The van der Waals surface area contributed by atoms with Gasteiger partial charge in [-0.2, -0.15) is 0 Å². The first-order chi connectivity index (χ1) is 9.56. The highest BCUT2D eigenvalue weighted by atomic mass is 32.2. The van der Waals surface area contributed by atoms with Crippen LogP contribution in [0.3, 0.4) is 0 Å². The first-order valence-corrected chi connectivity index (χ1v) is 8.65. The molecule has 1 saturated heterocycles. The summed E-state index contributed by atoms with van der Waals surface area (Å²) in [6.07, 6.45) is 2.07. The minimum atomic E-state index is -1.13. The molecule has 110 valence electrons. The lowest BCUT2D eigenvalue weighted by molar-refractivity contribution is 0.102. The number of carbonyl (C=O) groups excluding carboxylic acids is 1. The zero-order valence-corrected chi connectivity index (χ0v) is 12.9. The Hall–Kier alpha value is -1.00. The Bertz CT molecular complexity index is 473. The minimum absolute atomic E-state index is 0.0448.